The molecule has 0 saturated heterocycles. The Balaban J connectivity index is 1.82. The van der Waals surface area contributed by atoms with Crippen molar-refractivity contribution in [3.05, 3.63) is 46.8 Å². The van der Waals surface area contributed by atoms with Crippen LogP contribution in [-0.2, 0) is 11.2 Å². The third-order valence-electron chi connectivity index (χ3n) is 4.57. The fourth-order valence-electron chi connectivity index (χ4n) is 3.05. The number of H-pyrrole nitrogens is 1. The Bertz CT molecular complexity index is 724. The predicted octanol–water partition coefficient (Wildman–Crippen LogP) is 3.94. The number of allylic oxidation sites excluding steroid dienone is 2. The van der Waals surface area contributed by atoms with Gasteiger partial charge >= 0.3 is 0 Å². The Morgan fingerprint density at radius 3 is 2.81 bits per heavy atom. The van der Waals surface area contributed by atoms with E-state index in [9.17, 15) is 4.79 Å². The first-order chi connectivity index (χ1) is 10.1. The van der Waals surface area contributed by atoms with Gasteiger partial charge in [0.2, 0.25) is 5.91 Å². The molecule has 1 N–H and O–H groups in total. The van der Waals surface area contributed by atoms with E-state index in [4.69, 9.17) is 0 Å². The Kier molecular flexibility index (Phi) is 3.58. The number of aromatic amines is 1. The van der Waals surface area contributed by atoms with Gasteiger partial charge in [0.25, 0.3) is 0 Å². The number of aromatic nitrogens is 1. The number of benzene rings is 1. The lowest BCUT2D eigenvalue weighted by molar-refractivity contribution is -0.130. The van der Waals surface area contributed by atoms with Crippen LogP contribution in [0.3, 0.4) is 0 Å². The topological polar surface area (TPSA) is 36.1 Å². The molecule has 1 amide bonds. The van der Waals surface area contributed by atoms with Crippen molar-refractivity contribution in [2.24, 2.45) is 0 Å². The summed E-state index contributed by atoms with van der Waals surface area (Å²) in [6.07, 6.45) is 4.52. The quantitative estimate of drug-likeness (QED) is 0.909. The third-order valence-corrected chi connectivity index (χ3v) is 4.57. The summed E-state index contributed by atoms with van der Waals surface area (Å²) in [5.74, 6) is 0.258. The summed E-state index contributed by atoms with van der Waals surface area (Å²) < 4.78 is 0. The molecule has 1 aromatic heterocycles. The van der Waals surface area contributed by atoms with Crippen LogP contribution in [0.5, 0.6) is 0 Å². The van der Waals surface area contributed by atoms with Crippen molar-refractivity contribution in [3.8, 4) is 0 Å². The molecular formula is C18H22N2O. The van der Waals surface area contributed by atoms with Crippen LogP contribution in [0.2, 0.25) is 0 Å². The van der Waals surface area contributed by atoms with Crippen LogP contribution < -0.4 is 0 Å². The molecular weight excluding hydrogens is 260 g/mol. The van der Waals surface area contributed by atoms with Gasteiger partial charge in [0.05, 0.1) is 0 Å². The largest absolute Gasteiger partial charge is 0.361 e. The summed E-state index contributed by atoms with van der Waals surface area (Å²) in [5, 5.41) is 1.28. The number of aryl methyl sites for hydroxylation is 1. The number of nitrogens with zero attached hydrogens (tertiary/aromatic N) is 1. The maximum atomic E-state index is 12.1. The van der Waals surface area contributed by atoms with E-state index in [-0.39, 0.29) is 5.91 Å². The minimum absolute atomic E-state index is 0.258. The standard InChI is InChI=1S/C18H22N2O/c1-12-4-6-17-16(10-12)15(11-19-17)8-9-20-14(3)13(2)5-7-18(20)21/h4,6,10-11,19H,5,7-9H2,1-3H3. The first-order valence-electron chi connectivity index (χ1n) is 7.59. The minimum atomic E-state index is 0.258. The normalized spacial score (nSPS) is 16.1. The first kappa shape index (κ1) is 13.9. The zero-order valence-electron chi connectivity index (χ0n) is 13.0. The van der Waals surface area contributed by atoms with E-state index in [1.165, 1.54) is 27.6 Å². The molecule has 3 nitrogen and oxygen atoms in total. The van der Waals surface area contributed by atoms with Gasteiger partial charge in [-0.15, -0.1) is 0 Å². The molecule has 0 atom stereocenters. The van der Waals surface area contributed by atoms with Crippen molar-refractivity contribution < 1.29 is 4.79 Å². The predicted molar refractivity (Wildman–Crippen MR) is 86.1 cm³/mol. The smallest absolute Gasteiger partial charge is 0.227 e. The number of nitrogens with one attached hydrogen (secondary N) is 1. The number of rotatable bonds is 3. The third kappa shape index (κ3) is 2.60. The molecule has 1 aliphatic rings. The zero-order valence-corrected chi connectivity index (χ0v) is 13.0. The van der Waals surface area contributed by atoms with Crippen LogP contribution in [0.15, 0.2) is 35.7 Å². The molecule has 0 unspecified atom stereocenters. The van der Waals surface area contributed by atoms with Crippen LogP contribution in [0.1, 0.15) is 37.8 Å². The monoisotopic (exact) mass is 282 g/mol. The van der Waals surface area contributed by atoms with E-state index < -0.39 is 0 Å². The molecule has 110 valence electrons. The lowest BCUT2D eigenvalue weighted by Crippen LogP contribution is -2.34. The second-order valence-corrected chi connectivity index (χ2v) is 6.02. The summed E-state index contributed by atoms with van der Waals surface area (Å²) in [7, 11) is 0. The minimum Gasteiger partial charge on any atom is -0.361 e. The SMILES string of the molecule is CC1=C(C)N(CCc2c[nH]c3ccc(C)cc23)C(=O)CC1. The van der Waals surface area contributed by atoms with Crippen LogP contribution in [0.25, 0.3) is 10.9 Å². The summed E-state index contributed by atoms with van der Waals surface area (Å²) in [5.41, 5.74) is 6.21. The van der Waals surface area contributed by atoms with Gasteiger partial charge in [-0.2, -0.15) is 0 Å². The molecule has 0 fully saturated rings. The summed E-state index contributed by atoms with van der Waals surface area (Å²) in [6.45, 7) is 7.07. The molecule has 0 radical (unpaired) electrons. The second-order valence-electron chi connectivity index (χ2n) is 6.02. The molecule has 2 heterocycles. The van der Waals surface area contributed by atoms with Crippen molar-refractivity contribution in [2.45, 2.75) is 40.0 Å². The number of fused-ring (bicyclic) bond motifs is 1. The Morgan fingerprint density at radius 1 is 1.19 bits per heavy atom. The maximum Gasteiger partial charge on any atom is 0.227 e. The van der Waals surface area contributed by atoms with Crippen LogP contribution in [-0.4, -0.2) is 22.3 Å². The summed E-state index contributed by atoms with van der Waals surface area (Å²) in [4.78, 5) is 17.4. The average Bonchev–Trinajstić information content (AvgIpc) is 2.85. The van der Waals surface area contributed by atoms with Crippen molar-refractivity contribution in [3.63, 3.8) is 0 Å². The lowest BCUT2D eigenvalue weighted by Gasteiger charge is -2.29. The van der Waals surface area contributed by atoms with Gasteiger partial charge < -0.3 is 9.88 Å². The van der Waals surface area contributed by atoms with E-state index in [1.807, 2.05) is 4.90 Å². The highest BCUT2D eigenvalue weighted by Gasteiger charge is 2.21. The van der Waals surface area contributed by atoms with Crippen molar-refractivity contribution in [1.82, 2.24) is 9.88 Å². The van der Waals surface area contributed by atoms with Gasteiger partial charge in [0.1, 0.15) is 0 Å². The Hall–Kier alpha value is -2.03. The zero-order chi connectivity index (χ0) is 15.0. The molecule has 3 rings (SSSR count). The van der Waals surface area contributed by atoms with Gasteiger partial charge in [-0.3, -0.25) is 4.79 Å². The fraction of sp³-hybridized carbons (Fsp3) is 0.389. The lowest BCUT2D eigenvalue weighted by atomic mass is 10.0. The van der Waals surface area contributed by atoms with E-state index in [0.717, 1.165) is 25.1 Å². The van der Waals surface area contributed by atoms with E-state index >= 15 is 0 Å². The number of carbonyl (C=O) groups is 1. The Morgan fingerprint density at radius 2 is 2.00 bits per heavy atom. The fourth-order valence-corrected chi connectivity index (χ4v) is 3.05. The molecule has 0 spiro atoms. The number of carbonyl (C=O) groups excluding carboxylic acids is 1. The van der Waals surface area contributed by atoms with E-state index in [2.05, 4.69) is 50.2 Å². The van der Waals surface area contributed by atoms with Crippen LogP contribution >= 0.6 is 0 Å². The highest BCUT2D eigenvalue weighted by molar-refractivity contribution is 5.84. The van der Waals surface area contributed by atoms with Crippen LogP contribution in [0.4, 0.5) is 0 Å². The molecule has 3 heteroatoms. The number of amides is 1. The van der Waals surface area contributed by atoms with Gasteiger partial charge in [0, 0.05) is 35.8 Å². The number of hydrogen-bond acceptors (Lipinski definition) is 1. The van der Waals surface area contributed by atoms with Gasteiger partial charge in [0.15, 0.2) is 0 Å². The van der Waals surface area contributed by atoms with E-state index in [1.54, 1.807) is 0 Å². The van der Waals surface area contributed by atoms with E-state index in [0.29, 0.717) is 6.42 Å². The Labute approximate surface area is 125 Å². The highest BCUT2D eigenvalue weighted by Crippen LogP contribution is 2.24. The van der Waals surface area contributed by atoms with Gasteiger partial charge in [-0.25, -0.2) is 0 Å². The first-order valence-corrected chi connectivity index (χ1v) is 7.59. The molecule has 0 saturated carbocycles. The molecule has 2 aromatic rings. The van der Waals surface area contributed by atoms with Crippen molar-refractivity contribution >= 4 is 16.8 Å². The van der Waals surface area contributed by atoms with Crippen molar-refractivity contribution in [1.29, 1.82) is 0 Å². The second kappa shape index (κ2) is 5.40. The van der Waals surface area contributed by atoms with Crippen LogP contribution in [0, 0.1) is 6.92 Å². The van der Waals surface area contributed by atoms with Crippen molar-refractivity contribution in [2.75, 3.05) is 6.54 Å². The maximum absolute atomic E-state index is 12.1. The molecule has 1 aliphatic heterocycles. The molecule has 21 heavy (non-hydrogen) atoms. The molecule has 1 aromatic carbocycles. The van der Waals surface area contributed by atoms with Gasteiger partial charge in [-0.05, 0) is 51.3 Å². The van der Waals surface area contributed by atoms with Gasteiger partial charge in [-0.1, -0.05) is 17.2 Å². The molecule has 0 bridgehead atoms. The summed E-state index contributed by atoms with van der Waals surface area (Å²) in [6, 6.07) is 6.45. The molecule has 0 aliphatic carbocycles. The number of hydrogen-bond donors (Lipinski definition) is 1. The average molecular weight is 282 g/mol. The summed E-state index contributed by atoms with van der Waals surface area (Å²) >= 11 is 0. The highest BCUT2D eigenvalue weighted by atomic mass is 16.2.